The minimum absolute atomic E-state index is 0.0317. The van der Waals surface area contributed by atoms with Crippen molar-refractivity contribution in [1.29, 1.82) is 0 Å². The van der Waals surface area contributed by atoms with Gasteiger partial charge in [0.1, 0.15) is 11.6 Å². The standard InChI is InChI=1S/C18H19FN4O5/c1-22(10-17(24)20-13-5-3-4-12(19)8-13)11-18(25)21-15-9-14(23(26)27)6-7-16(15)28-2/h3-9H,10-11H2,1-2H3,(H,20,24)(H,21,25)/p+1. The number of anilines is 2. The zero-order valence-electron chi connectivity index (χ0n) is 15.3. The van der Waals surface area contributed by atoms with E-state index in [0.717, 1.165) is 0 Å². The minimum Gasteiger partial charge on any atom is -0.495 e. The van der Waals surface area contributed by atoms with Gasteiger partial charge in [-0.2, -0.15) is 0 Å². The van der Waals surface area contributed by atoms with Crippen LogP contribution >= 0.6 is 0 Å². The fourth-order valence-corrected chi connectivity index (χ4v) is 2.48. The van der Waals surface area contributed by atoms with Crippen LogP contribution in [0.1, 0.15) is 0 Å². The number of nitrogens with one attached hydrogen (secondary N) is 3. The maximum atomic E-state index is 13.1. The molecule has 0 saturated carbocycles. The molecular weight excluding hydrogens is 371 g/mol. The number of amides is 2. The van der Waals surface area contributed by atoms with Crippen molar-refractivity contribution in [2.75, 3.05) is 37.9 Å². The summed E-state index contributed by atoms with van der Waals surface area (Å²) in [7, 11) is 3.01. The van der Waals surface area contributed by atoms with E-state index in [1.807, 2.05) is 0 Å². The Morgan fingerprint density at radius 3 is 2.43 bits per heavy atom. The van der Waals surface area contributed by atoms with Gasteiger partial charge in [0, 0.05) is 17.8 Å². The molecule has 28 heavy (non-hydrogen) atoms. The molecule has 2 amide bonds. The van der Waals surface area contributed by atoms with Crippen molar-refractivity contribution in [2.45, 2.75) is 0 Å². The number of non-ortho nitro benzene ring substituents is 1. The molecule has 0 aromatic heterocycles. The van der Waals surface area contributed by atoms with E-state index in [1.54, 1.807) is 13.1 Å². The fourth-order valence-electron chi connectivity index (χ4n) is 2.48. The quantitative estimate of drug-likeness (QED) is 0.456. The molecule has 0 radical (unpaired) electrons. The van der Waals surface area contributed by atoms with Crippen molar-refractivity contribution in [1.82, 2.24) is 0 Å². The molecule has 0 heterocycles. The van der Waals surface area contributed by atoms with Crippen molar-refractivity contribution >= 4 is 28.9 Å². The molecule has 1 atom stereocenters. The number of quaternary nitrogens is 1. The van der Waals surface area contributed by atoms with Crippen LogP contribution in [-0.4, -0.2) is 44.0 Å². The Hall–Kier alpha value is -3.53. The van der Waals surface area contributed by atoms with Gasteiger partial charge in [-0.3, -0.25) is 19.7 Å². The minimum atomic E-state index is -0.580. The third-order valence-corrected chi connectivity index (χ3v) is 3.70. The van der Waals surface area contributed by atoms with E-state index in [1.165, 1.54) is 43.5 Å². The van der Waals surface area contributed by atoms with Crippen molar-refractivity contribution < 1.29 is 28.5 Å². The SMILES string of the molecule is COc1ccc([N+](=O)[O-])cc1NC(=O)C[NH+](C)CC(=O)Nc1cccc(F)c1. The van der Waals surface area contributed by atoms with E-state index in [2.05, 4.69) is 10.6 Å². The van der Waals surface area contributed by atoms with Gasteiger partial charge < -0.3 is 20.3 Å². The molecule has 2 rings (SSSR count). The first-order valence-electron chi connectivity index (χ1n) is 8.27. The molecule has 2 aromatic carbocycles. The molecule has 3 N–H and O–H groups in total. The topological polar surface area (TPSA) is 115 Å². The number of carbonyl (C=O) groups is 2. The molecular formula is C18H20FN4O5+. The van der Waals surface area contributed by atoms with E-state index in [-0.39, 0.29) is 36.1 Å². The highest BCUT2D eigenvalue weighted by Crippen LogP contribution is 2.28. The first-order valence-corrected chi connectivity index (χ1v) is 8.27. The second kappa shape index (κ2) is 9.42. The molecule has 0 saturated heterocycles. The van der Waals surface area contributed by atoms with Crippen LogP contribution in [0.15, 0.2) is 42.5 Å². The third kappa shape index (κ3) is 6.02. The summed E-state index contributed by atoms with van der Waals surface area (Å²) >= 11 is 0. The molecule has 2 aromatic rings. The summed E-state index contributed by atoms with van der Waals surface area (Å²) in [5.74, 6) is -1.03. The summed E-state index contributed by atoms with van der Waals surface area (Å²) in [5, 5.41) is 16.0. The second-order valence-corrected chi connectivity index (χ2v) is 6.06. The number of hydrogen-bond donors (Lipinski definition) is 3. The van der Waals surface area contributed by atoms with Gasteiger partial charge in [0.25, 0.3) is 17.5 Å². The number of carbonyl (C=O) groups excluding carboxylic acids is 2. The largest absolute Gasteiger partial charge is 0.495 e. The number of likely N-dealkylation sites (N-methyl/N-ethyl adjacent to an activating group) is 1. The Labute approximate surface area is 160 Å². The predicted molar refractivity (Wildman–Crippen MR) is 99.9 cm³/mol. The van der Waals surface area contributed by atoms with Crippen molar-refractivity contribution in [3.8, 4) is 5.75 Å². The van der Waals surface area contributed by atoms with Crippen LogP contribution in [0.5, 0.6) is 5.75 Å². The highest BCUT2D eigenvalue weighted by Gasteiger charge is 2.18. The highest BCUT2D eigenvalue weighted by molar-refractivity contribution is 5.94. The Morgan fingerprint density at radius 1 is 1.14 bits per heavy atom. The monoisotopic (exact) mass is 391 g/mol. The number of halogens is 1. The van der Waals surface area contributed by atoms with Gasteiger partial charge in [0.2, 0.25) is 0 Å². The Kier molecular flexibility index (Phi) is 6.99. The summed E-state index contributed by atoms with van der Waals surface area (Å²) < 4.78 is 18.2. The predicted octanol–water partition coefficient (Wildman–Crippen LogP) is 0.834. The maximum Gasteiger partial charge on any atom is 0.279 e. The molecule has 10 heteroatoms. The van der Waals surface area contributed by atoms with E-state index < -0.39 is 16.6 Å². The van der Waals surface area contributed by atoms with Gasteiger partial charge in [-0.15, -0.1) is 0 Å². The Bertz CT molecular complexity index is 890. The normalized spacial score (nSPS) is 11.4. The summed E-state index contributed by atoms with van der Waals surface area (Å²) in [4.78, 5) is 35.1. The number of nitro benzene ring substituents is 1. The van der Waals surface area contributed by atoms with Crippen molar-refractivity contribution in [3.63, 3.8) is 0 Å². The molecule has 0 aliphatic carbocycles. The zero-order chi connectivity index (χ0) is 20.7. The van der Waals surface area contributed by atoms with E-state index in [9.17, 15) is 24.1 Å². The van der Waals surface area contributed by atoms with Gasteiger partial charge >= 0.3 is 0 Å². The number of methoxy groups -OCH3 is 1. The average molecular weight is 391 g/mol. The van der Waals surface area contributed by atoms with E-state index >= 15 is 0 Å². The van der Waals surface area contributed by atoms with Gasteiger partial charge in [-0.05, 0) is 24.3 Å². The Morgan fingerprint density at radius 2 is 1.82 bits per heavy atom. The number of benzene rings is 2. The van der Waals surface area contributed by atoms with Crippen LogP contribution in [0.25, 0.3) is 0 Å². The highest BCUT2D eigenvalue weighted by atomic mass is 19.1. The summed E-state index contributed by atoms with van der Waals surface area (Å²) in [5.41, 5.74) is 0.300. The fraction of sp³-hybridized carbons (Fsp3) is 0.222. The number of ether oxygens (including phenoxy) is 1. The van der Waals surface area contributed by atoms with Crippen LogP contribution < -0.4 is 20.3 Å². The lowest BCUT2D eigenvalue weighted by atomic mass is 10.2. The summed E-state index contributed by atoms with van der Waals surface area (Å²) in [6.45, 7) is -0.0988. The molecule has 148 valence electrons. The number of hydrogen-bond acceptors (Lipinski definition) is 5. The third-order valence-electron chi connectivity index (χ3n) is 3.70. The van der Waals surface area contributed by atoms with Crippen LogP contribution in [0.2, 0.25) is 0 Å². The zero-order valence-corrected chi connectivity index (χ0v) is 15.3. The van der Waals surface area contributed by atoms with Crippen LogP contribution in [0.4, 0.5) is 21.5 Å². The molecule has 0 aliphatic heterocycles. The van der Waals surface area contributed by atoms with Gasteiger partial charge in [0.15, 0.2) is 13.1 Å². The summed E-state index contributed by atoms with van der Waals surface area (Å²) in [6.07, 6.45) is 0. The van der Waals surface area contributed by atoms with Gasteiger partial charge in [0.05, 0.1) is 24.8 Å². The first-order chi connectivity index (χ1) is 13.3. The van der Waals surface area contributed by atoms with Crippen molar-refractivity contribution in [3.05, 3.63) is 58.4 Å². The molecule has 0 aliphatic rings. The summed E-state index contributed by atoms with van der Waals surface area (Å²) in [6, 6.07) is 9.33. The van der Waals surface area contributed by atoms with Crippen LogP contribution in [-0.2, 0) is 9.59 Å². The molecule has 1 unspecified atom stereocenters. The van der Waals surface area contributed by atoms with Crippen molar-refractivity contribution in [2.24, 2.45) is 0 Å². The maximum absolute atomic E-state index is 13.1. The number of nitrogens with zero attached hydrogens (tertiary/aromatic N) is 1. The lowest BCUT2D eigenvalue weighted by Gasteiger charge is -2.15. The number of nitro groups is 1. The van der Waals surface area contributed by atoms with Crippen LogP contribution in [0, 0.1) is 15.9 Å². The molecule has 9 nitrogen and oxygen atoms in total. The van der Waals surface area contributed by atoms with Crippen LogP contribution in [0.3, 0.4) is 0 Å². The van der Waals surface area contributed by atoms with Gasteiger partial charge in [-0.25, -0.2) is 4.39 Å². The number of rotatable bonds is 8. The first kappa shape index (κ1) is 20.8. The average Bonchev–Trinajstić information content (AvgIpc) is 2.61. The molecule has 0 bridgehead atoms. The van der Waals surface area contributed by atoms with Gasteiger partial charge in [-0.1, -0.05) is 6.07 Å². The molecule has 0 spiro atoms. The smallest absolute Gasteiger partial charge is 0.279 e. The van der Waals surface area contributed by atoms with E-state index in [4.69, 9.17) is 4.74 Å². The lowest BCUT2D eigenvalue weighted by Crippen LogP contribution is -3.11. The lowest BCUT2D eigenvalue weighted by molar-refractivity contribution is -0.862. The second-order valence-electron chi connectivity index (χ2n) is 6.06. The molecule has 0 fully saturated rings. The van der Waals surface area contributed by atoms with E-state index in [0.29, 0.717) is 10.6 Å². The Balaban J connectivity index is 1.92.